The molecule has 2 aliphatic rings. The first-order valence-corrected chi connectivity index (χ1v) is 7.19. The lowest BCUT2D eigenvalue weighted by atomic mass is 10.3. The fourth-order valence-corrected chi connectivity index (χ4v) is 2.61. The predicted molar refractivity (Wildman–Crippen MR) is 70.6 cm³/mol. The van der Waals surface area contributed by atoms with Crippen LogP contribution in [0.5, 0.6) is 0 Å². The summed E-state index contributed by atoms with van der Waals surface area (Å²) in [7, 11) is 0. The number of nitrogens with one attached hydrogen (secondary N) is 1. The van der Waals surface area contributed by atoms with E-state index in [1.54, 1.807) is 0 Å². The van der Waals surface area contributed by atoms with Gasteiger partial charge in [-0.2, -0.15) is 0 Å². The summed E-state index contributed by atoms with van der Waals surface area (Å²) in [5.74, 6) is 3.03. The molecule has 0 bridgehead atoms. The number of aromatic nitrogens is 3. The largest absolute Gasteiger partial charge is 0.356 e. The van der Waals surface area contributed by atoms with Crippen molar-refractivity contribution in [3.05, 3.63) is 11.6 Å². The van der Waals surface area contributed by atoms with Gasteiger partial charge in [-0.3, -0.25) is 9.69 Å². The van der Waals surface area contributed by atoms with Gasteiger partial charge in [-0.05, 0) is 19.8 Å². The van der Waals surface area contributed by atoms with Crippen LogP contribution in [0.3, 0.4) is 0 Å². The zero-order valence-corrected chi connectivity index (χ0v) is 11.4. The SMILES string of the molecule is CCNC(=O)CCN1CCn2c(nnc2C2CC2)C1. The van der Waals surface area contributed by atoms with E-state index in [2.05, 4.69) is 25.0 Å². The van der Waals surface area contributed by atoms with Gasteiger partial charge in [0.05, 0.1) is 6.54 Å². The summed E-state index contributed by atoms with van der Waals surface area (Å²) < 4.78 is 2.28. The lowest BCUT2D eigenvalue weighted by molar-refractivity contribution is -0.121. The highest BCUT2D eigenvalue weighted by Crippen LogP contribution is 2.39. The van der Waals surface area contributed by atoms with Gasteiger partial charge in [-0.15, -0.1) is 10.2 Å². The van der Waals surface area contributed by atoms with Gasteiger partial charge in [-0.25, -0.2) is 0 Å². The molecule has 1 fully saturated rings. The number of amides is 1. The number of hydrogen-bond donors (Lipinski definition) is 1. The van der Waals surface area contributed by atoms with Crippen LogP contribution >= 0.6 is 0 Å². The first-order valence-electron chi connectivity index (χ1n) is 7.19. The Morgan fingerprint density at radius 1 is 1.37 bits per heavy atom. The zero-order chi connectivity index (χ0) is 13.2. The van der Waals surface area contributed by atoms with Crippen molar-refractivity contribution in [2.75, 3.05) is 19.6 Å². The molecule has 0 saturated heterocycles. The van der Waals surface area contributed by atoms with Crippen LogP contribution in [0.4, 0.5) is 0 Å². The van der Waals surface area contributed by atoms with E-state index < -0.39 is 0 Å². The van der Waals surface area contributed by atoms with Crippen LogP contribution in [0.25, 0.3) is 0 Å². The van der Waals surface area contributed by atoms with Gasteiger partial charge in [0.1, 0.15) is 11.6 Å². The molecule has 3 rings (SSSR count). The summed E-state index contributed by atoms with van der Waals surface area (Å²) >= 11 is 0. The second-order valence-electron chi connectivity index (χ2n) is 5.38. The summed E-state index contributed by atoms with van der Waals surface area (Å²) in [4.78, 5) is 13.7. The maximum absolute atomic E-state index is 11.5. The number of hydrogen-bond acceptors (Lipinski definition) is 4. The molecule has 1 N–H and O–H groups in total. The third-order valence-corrected chi connectivity index (χ3v) is 3.83. The lowest BCUT2D eigenvalue weighted by Gasteiger charge is -2.27. The Morgan fingerprint density at radius 2 is 2.21 bits per heavy atom. The van der Waals surface area contributed by atoms with E-state index in [1.807, 2.05) is 6.92 Å². The molecule has 1 aromatic heterocycles. The molecule has 1 aromatic rings. The third kappa shape index (κ3) is 2.78. The van der Waals surface area contributed by atoms with E-state index >= 15 is 0 Å². The highest BCUT2D eigenvalue weighted by molar-refractivity contribution is 5.75. The Kier molecular flexibility index (Phi) is 3.50. The molecule has 1 aliphatic heterocycles. The minimum absolute atomic E-state index is 0.133. The Bertz CT molecular complexity index is 466. The first kappa shape index (κ1) is 12.6. The Morgan fingerprint density at radius 3 is 2.95 bits per heavy atom. The van der Waals surface area contributed by atoms with Gasteiger partial charge in [0.2, 0.25) is 5.91 Å². The van der Waals surface area contributed by atoms with Gasteiger partial charge >= 0.3 is 0 Å². The number of carbonyl (C=O) groups is 1. The van der Waals surface area contributed by atoms with Gasteiger partial charge in [-0.1, -0.05) is 0 Å². The molecular weight excluding hydrogens is 242 g/mol. The van der Waals surface area contributed by atoms with Crippen LogP contribution < -0.4 is 5.32 Å². The molecule has 1 saturated carbocycles. The van der Waals surface area contributed by atoms with Crippen LogP contribution in [-0.4, -0.2) is 45.2 Å². The molecule has 6 heteroatoms. The minimum atomic E-state index is 0.133. The summed E-state index contributed by atoms with van der Waals surface area (Å²) in [6.07, 6.45) is 3.09. The maximum Gasteiger partial charge on any atom is 0.221 e. The molecular formula is C13H21N5O. The molecule has 0 spiro atoms. The molecule has 0 atom stereocenters. The fraction of sp³-hybridized carbons (Fsp3) is 0.769. The van der Waals surface area contributed by atoms with Crippen molar-refractivity contribution in [1.29, 1.82) is 0 Å². The lowest BCUT2D eigenvalue weighted by Crippen LogP contribution is -2.37. The van der Waals surface area contributed by atoms with Crippen LogP contribution in [0.1, 0.15) is 43.8 Å². The highest BCUT2D eigenvalue weighted by Gasteiger charge is 2.31. The predicted octanol–water partition coefficient (Wildman–Crippen LogP) is 0.497. The Labute approximate surface area is 113 Å². The topological polar surface area (TPSA) is 63.1 Å². The molecule has 2 heterocycles. The molecule has 104 valence electrons. The van der Waals surface area contributed by atoms with Crippen molar-refractivity contribution in [2.24, 2.45) is 0 Å². The summed E-state index contributed by atoms with van der Waals surface area (Å²) in [5.41, 5.74) is 0. The standard InChI is InChI=1S/C13H21N5O/c1-2-14-12(19)5-6-17-7-8-18-11(9-17)15-16-13(18)10-3-4-10/h10H,2-9H2,1H3,(H,14,19). The van der Waals surface area contributed by atoms with Crippen molar-refractivity contribution in [3.8, 4) is 0 Å². The summed E-state index contributed by atoms with van der Waals surface area (Å²) in [5, 5.41) is 11.5. The van der Waals surface area contributed by atoms with E-state index in [4.69, 9.17) is 0 Å². The number of rotatable bonds is 5. The van der Waals surface area contributed by atoms with Crippen LogP contribution in [0.15, 0.2) is 0 Å². The molecule has 1 aliphatic carbocycles. The molecule has 1 amide bonds. The highest BCUT2D eigenvalue weighted by atomic mass is 16.1. The van der Waals surface area contributed by atoms with E-state index in [9.17, 15) is 4.79 Å². The van der Waals surface area contributed by atoms with E-state index in [0.29, 0.717) is 18.9 Å². The maximum atomic E-state index is 11.5. The van der Waals surface area contributed by atoms with Crippen molar-refractivity contribution in [3.63, 3.8) is 0 Å². The van der Waals surface area contributed by atoms with E-state index in [-0.39, 0.29) is 5.91 Å². The summed E-state index contributed by atoms with van der Waals surface area (Å²) in [6, 6.07) is 0. The molecule has 0 aromatic carbocycles. The van der Waals surface area contributed by atoms with Crippen molar-refractivity contribution in [1.82, 2.24) is 25.0 Å². The Balaban J connectivity index is 1.55. The number of fused-ring (bicyclic) bond motifs is 1. The third-order valence-electron chi connectivity index (χ3n) is 3.83. The quantitative estimate of drug-likeness (QED) is 0.840. The van der Waals surface area contributed by atoms with Crippen LogP contribution in [-0.2, 0) is 17.9 Å². The van der Waals surface area contributed by atoms with E-state index in [1.165, 1.54) is 18.7 Å². The van der Waals surface area contributed by atoms with Crippen molar-refractivity contribution in [2.45, 2.75) is 45.2 Å². The van der Waals surface area contributed by atoms with Crippen LogP contribution in [0.2, 0.25) is 0 Å². The minimum Gasteiger partial charge on any atom is -0.356 e. The molecule has 19 heavy (non-hydrogen) atoms. The smallest absolute Gasteiger partial charge is 0.221 e. The second kappa shape index (κ2) is 5.28. The van der Waals surface area contributed by atoms with Crippen molar-refractivity contribution < 1.29 is 4.79 Å². The van der Waals surface area contributed by atoms with Gasteiger partial charge < -0.3 is 9.88 Å². The number of nitrogens with zero attached hydrogens (tertiary/aromatic N) is 4. The Hall–Kier alpha value is -1.43. The monoisotopic (exact) mass is 263 g/mol. The summed E-state index contributed by atoms with van der Waals surface area (Å²) in [6.45, 7) is 6.23. The van der Waals surface area contributed by atoms with Gasteiger partial charge in [0, 0.05) is 38.5 Å². The van der Waals surface area contributed by atoms with Crippen molar-refractivity contribution >= 4 is 5.91 Å². The van der Waals surface area contributed by atoms with Crippen LogP contribution in [0, 0.1) is 0 Å². The van der Waals surface area contributed by atoms with E-state index in [0.717, 1.165) is 32.0 Å². The first-order chi connectivity index (χ1) is 9.28. The molecule has 6 nitrogen and oxygen atoms in total. The van der Waals surface area contributed by atoms with Gasteiger partial charge in [0.25, 0.3) is 0 Å². The van der Waals surface area contributed by atoms with Gasteiger partial charge in [0.15, 0.2) is 0 Å². The molecule has 0 unspecified atom stereocenters. The zero-order valence-electron chi connectivity index (χ0n) is 11.4. The molecule has 0 radical (unpaired) electrons. The normalized spacial score (nSPS) is 19.2. The fourth-order valence-electron chi connectivity index (χ4n) is 2.61. The second-order valence-corrected chi connectivity index (χ2v) is 5.38. The number of carbonyl (C=O) groups excluding carboxylic acids is 1. The average Bonchev–Trinajstić information content (AvgIpc) is 3.17. The average molecular weight is 263 g/mol.